The molecule has 3 heteroatoms. The Bertz CT molecular complexity index is 224. The molecule has 3 radical (unpaired) electrons. The van der Waals surface area contributed by atoms with E-state index in [0.29, 0.717) is 0 Å². The molecule has 1 rings (SSSR count). The average Bonchev–Trinajstić information content (AvgIpc) is 1.80. The third-order valence-electron chi connectivity index (χ3n) is 0.920. The molecule has 1 aromatic rings. The van der Waals surface area contributed by atoms with Crippen LogP contribution < -0.4 is 3.58 Å². The molecule has 0 heterocycles. The van der Waals surface area contributed by atoms with Crippen LogP contribution in [0.2, 0.25) is 5.02 Å². The summed E-state index contributed by atoms with van der Waals surface area (Å²) in [5, 5.41) is 0.196. The molecule has 0 aliphatic heterocycles. The van der Waals surface area contributed by atoms with Crippen LogP contribution in [0.1, 0.15) is 0 Å². The van der Waals surface area contributed by atoms with Crippen LogP contribution in [0.3, 0.4) is 0 Å². The molecule has 0 aliphatic rings. The Hall–Kier alpha value is 0.239. The molecule has 0 saturated carbocycles. The molecule has 0 aliphatic carbocycles. The molecule has 0 nitrogen and oxygen atoms in total. The second-order valence-corrected chi connectivity index (χ2v) is 3.68. The Morgan fingerprint density at radius 3 is 2.56 bits per heavy atom. The molecule has 0 spiro atoms. The molecule has 0 aromatic heterocycles. The van der Waals surface area contributed by atoms with Crippen molar-refractivity contribution in [3.63, 3.8) is 0 Å². The molecule has 9 heavy (non-hydrogen) atoms. The zero-order chi connectivity index (χ0) is 6.85. The number of benzene rings is 1. The molecular formula is C6H3ClFSn. The quantitative estimate of drug-likeness (QED) is 0.607. The van der Waals surface area contributed by atoms with E-state index in [1.54, 1.807) is 6.07 Å². The van der Waals surface area contributed by atoms with Crippen molar-refractivity contribution in [2.24, 2.45) is 0 Å². The maximum atomic E-state index is 12.5. The topological polar surface area (TPSA) is 0 Å². The summed E-state index contributed by atoms with van der Waals surface area (Å²) in [6.07, 6.45) is 0. The van der Waals surface area contributed by atoms with Gasteiger partial charge in [-0.15, -0.1) is 0 Å². The van der Waals surface area contributed by atoms with Gasteiger partial charge < -0.3 is 0 Å². The Kier molecular flexibility index (Phi) is 2.35. The van der Waals surface area contributed by atoms with Crippen molar-refractivity contribution in [1.29, 1.82) is 0 Å². The van der Waals surface area contributed by atoms with Crippen molar-refractivity contribution >= 4 is 37.7 Å². The number of hydrogen-bond donors (Lipinski definition) is 0. The Labute approximate surface area is 71.1 Å². The minimum absolute atomic E-state index is 0.196. The maximum absolute atomic E-state index is 12.5. The normalized spacial score (nSPS) is 9.67. The van der Waals surface area contributed by atoms with Crippen LogP contribution in [-0.4, -0.2) is 22.5 Å². The number of hydrogen-bond acceptors (Lipinski definition) is 0. The average molecular weight is 248 g/mol. The first kappa shape index (κ1) is 7.35. The van der Waals surface area contributed by atoms with E-state index in [0.717, 1.165) is 3.58 Å². The second kappa shape index (κ2) is 2.88. The SMILES string of the molecule is Fc1c[c]([Sn])ccc1Cl. The van der Waals surface area contributed by atoms with Crippen molar-refractivity contribution in [3.8, 4) is 0 Å². The number of halogens is 2. The van der Waals surface area contributed by atoms with Crippen molar-refractivity contribution in [2.45, 2.75) is 0 Å². The molecule has 0 amide bonds. The van der Waals surface area contributed by atoms with Crippen LogP contribution in [0, 0.1) is 5.82 Å². The van der Waals surface area contributed by atoms with E-state index in [1.165, 1.54) is 28.6 Å². The predicted octanol–water partition coefficient (Wildman–Crippen LogP) is 1.27. The molecule has 45 valence electrons. The summed E-state index contributed by atoms with van der Waals surface area (Å²) in [5.74, 6) is -0.328. The van der Waals surface area contributed by atoms with Gasteiger partial charge in [-0.25, -0.2) is 0 Å². The standard InChI is InChI=1S/C6H3ClF.Sn/c7-5-3-1-2-4-6(5)8;/h1,3-4H;. The summed E-state index contributed by atoms with van der Waals surface area (Å²) in [6, 6.07) is 4.82. The van der Waals surface area contributed by atoms with E-state index < -0.39 is 0 Å². The molecule has 0 saturated heterocycles. The molecule has 0 unspecified atom stereocenters. The summed E-state index contributed by atoms with van der Waals surface area (Å²) >= 11 is 6.62. The summed E-state index contributed by atoms with van der Waals surface area (Å²) < 4.78 is 13.4. The first-order chi connectivity index (χ1) is 4.20. The summed E-state index contributed by atoms with van der Waals surface area (Å²) in [7, 11) is 0. The second-order valence-electron chi connectivity index (χ2n) is 1.63. The Balaban J connectivity index is 3.17. The van der Waals surface area contributed by atoms with E-state index in [2.05, 4.69) is 0 Å². The summed E-state index contributed by atoms with van der Waals surface area (Å²) in [6.45, 7) is 0. The van der Waals surface area contributed by atoms with Gasteiger partial charge >= 0.3 is 71.1 Å². The van der Waals surface area contributed by atoms with Gasteiger partial charge in [0, 0.05) is 0 Å². The van der Waals surface area contributed by atoms with E-state index in [-0.39, 0.29) is 10.8 Å². The van der Waals surface area contributed by atoms with Crippen molar-refractivity contribution < 1.29 is 4.39 Å². The van der Waals surface area contributed by atoms with Crippen LogP contribution in [-0.2, 0) is 0 Å². The Morgan fingerprint density at radius 1 is 1.44 bits per heavy atom. The fourth-order valence-corrected chi connectivity index (χ4v) is 1.21. The summed E-state index contributed by atoms with van der Waals surface area (Å²) in [5.41, 5.74) is 0. The van der Waals surface area contributed by atoms with E-state index in [9.17, 15) is 4.39 Å². The van der Waals surface area contributed by atoms with Crippen molar-refractivity contribution in [3.05, 3.63) is 29.0 Å². The van der Waals surface area contributed by atoms with E-state index in [1.807, 2.05) is 6.07 Å². The molecular weight excluding hydrogens is 245 g/mol. The molecule has 1 aromatic carbocycles. The number of rotatable bonds is 0. The molecule has 0 bridgehead atoms. The summed E-state index contributed by atoms with van der Waals surface area (Å²) in [4.78, 5) is 0. The van der Waals surface area contributed by atoms with Gasteiger partial charge in [0.05, 0.1) is 0 Å². The van der Waals surface area contributed by atoms with E-state index >= 15 is 0 Å². The van der Waals surface area contributed by atoms with Crippen molar-refractivity contribution in [2.75, 3.05) is 0 Å². The van der Waals surface area contributed by atoms with Gasteiger partial charge in [-0.2, -0.15) is 0 Å². The fraction of sp³-hybridized carbons (Fsp3) is 0. The fourth-order valence-electron chi connectivity index (χ4n) is 0.496. The van der Waals surface area contributed by atoms with E-state index in [4.69, 9.17) is 11.6 Å². The molecule has 0 atom stereocenters. The van der Waals surface area contributed by atoms with Crippen LogP contribution >= 0.6 is 11.6 Å². The molecule has 0 fully saturated rings. The van der Waals surface area contributed by atoms with Gasteiger partial charge in [0.2, 0.25) is 0 Å². The van der Waals surface area contributed by atoms with Gasteiger partial charge in [-0.3, -0.25) is 0 Å². The van der Waals surface area contributed by atoms with Crippen LogP contribution in [0.25, 0.3) is 0 Å². The van der Waals surface area contributed by atoms with Gasteiger partial charge in [0.25, 0.3) is 0 Å². The van der Waals surface area contributed by atoms with Gasteiger partial charge in [-0.1, -0.05) is 0 Å². The monoisotopic (exact) mass is 249 g/mol. The minimum atomic E-state index is -0.328. The van der Waals surface area contributed by atoms with Gasteiger partial charge in [-0.05, 0) is 0 Å². The van der Waals surface area contributed by atoms with Crippen LogP contribution in [0.4, 0.5) is 4.39 Å². The first-order valence-corrected chi connectivity index (χ1v) is 4.17. The van der Waals surface area contributed by atoms with Crippen molar-refractivity contribution in [1.82, 2.24) is 0 Å². The Morgan fingerprint density at radius 2 is 2.11 bits per heavy atom. The first-order valence-electron chi connectivity index (χ1n) is 2.37. The van der Waals surface area contributed by atoms with Crippen LogP contribution in [0.5, 0.6) is 0 Å². The zero-order valence-electron chi connectivity index (χ0n) is 4.49. The van der Waals surface area contributed by atoms with Gasteiger partial charge in [0.15, 0.2) is 0 Å². The third-order valence-corrected chi connectivity index (χ3v) is 2.11. The zero-order valence-corrected chi connectivity index (χ0v) is 8.10. The third kappa shape index (κ3) is 1.83. The predicted molar refractivity (Wildman–Crippen MR) is 36.8 cm³/mol. The van der Waals surface area contributed by atoms with Gasteiger partial charge in [0.1, 0.15) is 0 Å². The molecule has 0 N–H and O–H groups in total. The van der Waals surface area contributed by atoms with Crippen LogP contribution in [0.15, 0.2) is 18.2 Å².